The summed E-state index contributed by atoms with van der Waals surface area (Å²) in [6.45, 7) is 3.25. The largest absolute Gasteiger partial charge is 0.484 e. The van der Waals surface area contributed by atoms with Crippen molar-refractivity contribution in [2.24, 2.45) is 0 Å². The van der Waals surface area contributed by atoms with Gasteiger partial charge < -0.3 is 24.4 Å². The molecular weight excluding hydrogens is 372 g/mol. The van der Waals surface area contributed by atoms with Crippen LogP contribution < -0.4 is 14.8 Å². The molecule has 0 radical (unpaired) electrons. The summed E-state index contributed by atoms with van der Waals surface area (Å²) in [6.07, 6.45) is 1.12. The Bertz CT molecular complexity index is 787. The minimum Gasteiger partial charge on any atom is -0.484 e. The highest BCUT2D eigenvalue weighted by Gasteiger charge is 2.24. The first-order chi connectivity index (χ1) is 14.1. The summed E-state index contributed by atoms with van der Waals surface area (Å²) < 4.78 is 16.3. The van der Waals surface area contributed by atoms with Gasteiger partial charge in [0.05, 0.1) is 6.61 Å². The van der Waals surface area contributed by atoms with Gasteiger partial charge in [0, 0.05) is 19.1 Å². The quantitative estimate of drug-likeness (QED) is 0.771. The molecule has 7 heteroatoms. The van der Waals surface area contributed by atoms with E-state index in [4.69, 9.17) is 14.2 Å². The molecule has 1 fully saturated rings. The molecule has 29 heavy (non-hydrogen) atoms. The van der Waals surface area contributed by atoms with Gasteiger partial charge >= 0.3 is 6.09 Å². The zero-order valence-corrected chi connectivity index (χ0v) is 16.5. The number of hydrogen-bond acceptors (Lipinski definition) is 5. The molecule has 0 spiro atoms. The highest BCUT2D eigenvalue weighted by molar-refractivity contribution is 5.78. The molecule has 0 aromatic heterocycles. The SMILES string of the molecule is CCOC(=O)N1CCC(NC(=O)COc2ccc(Oc3ccccc3)cc2)CC1. The fourth-order valence-corrected chi connectivity index (χ4v) is 3.07. The number of carbonyl (C=O) groups is 2. The number of likely N-dealkylation sites (tertiary alicyclic amines) is 1. The third kappa shape index (κ3) is 6.41. The summed E-state index contributed by atoms with van der Waals surface area (Å²) in [7, 11) is 0. The van der Waals surface area contributed by atoms with Crippen molar-refractivity contribution in [1.29, 1.82) is 0 Å². The Hall–Kier alpha value is -3.22. The van der Waals surface area contributed by atoms with Gasteiger partial charge in [0.15, 0.2) is 6.61 Å². The highest BCUT2D eigenvalue weighted by atomic mass is 16.6. The van der Waals surface area contributed by atoms with Crippen molar-refractivity contribution in [2.45, 2.75) is 25.8 Å². The first-order valence-corrected chi connectivity index (χ1v) is 9.81. The first kappa shape index (κ1) is 20.5. The van der Waals surface area contributed by atoms with E-state index in [0.717, 1.165) is 5.75 Å². The van der Waals surface area contributed by atoms with Gasteiger partial charge in [-0.15, -0.1) is 0 Å². The fourth-order valence-electron chi connectivity index (χ4n) is 3.07. The van der Waals surface area contributed by atoms with Crippen LogP contribution in [0.25, 0.3) is 0 Å². The van der Waals surface area contributed by atoms with Crippen LogP contribution in [0.4, 0.5) is 4.79 Å². The summed E-state index contributed by atoms with van der Waals surface area (Å²) in [5, 5.41) is 2.96. The molecule has 154 valence electrons. The van der Waals surface area contributed by atoms with E-state index in [1.165, 1.54) is 0 Å². The maximum absolute atomic E-state index is 12.1. The van der Waals surface area contributed by atoms with Gasteiger partial charge in [0.25, 0.3) is 5.91 Å². The van der Waals surface area contributed by atoms with Gasteiger partial charge in [0.2, 0.25) is 0 Å². The Balaban J connectivity index is 1.38. The van der Waals surface area contributed by atoms with Crippen molar-refractivity contribution in [1.82, 2.24) is 10.2 Å². The van der Waals surface area contributed by atoms with E-state index in [1.807, 2.05) is 30.3 Å². The van der Waals surface area contributed by atoms with E-state index in [0.29, 0.717) is 44.0 Å². The van der Waals surface area contributed by atoms with Gasteiger partial charge in [-0.05, 0) is 56.2 Å². The fraction of sp³-hybridized carbons (Fsp3) is 0.364. The Morgan fingerprint density at radius 3 is 2.24 bits per heavy atom. The Labute approximate surface area is 170 Å². The predicted octanol–water partition coefficient (Wildman–Crippen LogP) is 3.59. The second kappa shape index (κ2) is 10.4. The summed E-state index contributed by atoms with van der Waals surface area (Å²) in [6, 6.07) is 16.7. The average molecular weight is 398 g/mol. The summed E-state index contributed by atoms with van der Waals surface area (Å²) in [5.74, 6) is 1.87. The molecule has 3 rings (SSSR count). The van der Waals surface area contributed by atoms with Gasteiger partial charge in [-0.2, -0.15) is 0 Å². The highest BCUT2D eigenvalue weighted by Crippen LogP contribution is 2.23. The van der Waals surface area contributed by atoms with Gasteiger partial charge in [-0.1, -0.05) is 18.2 Å². The van der Waals surface area contributed by atoms with Gasteiger partial charge in [0.1, 0.15) is 17.2 Å². The van der Waals surface area contributed by atoms with E-state index in [9.17, 15) is 9.59 Å². The molecule has 0 atom stereocenters. The predicted molar refractivity (Wildman–Crippen MR) is 108 cm³/mol. The van der Waals surface area contributed by atoms with E-state index in [2.05, 4.69) is 5.32 Å². The van der Waals surface area contributed by atoms with Crippen LogP contribution in [-0.4, -0.2) is 49.2 Å². The Kier molecular flexibility index (Phi) is 7.33. The molecule has 1 heterocycles. The zero-order valence-electron chi connectivity index (χ0n) is 16.5. The lowest BCUT2D eigenvalue weighted by Crippen LogP contribution is -2.47. The first-order valence-electron chi connectivity index (χ1n) is 9.81. The molecule has 0 unspecified atom stereocenters. The number of rotatable bonds is 7. The molecule has 1 aliphatic heterocycles. The van der Waals surface area contributed by atoms with Crippen LogP contribution in [0.3, 0.4) is 0 Å². The Morgan fingerprint density at radius 1 is 0.966 bits per heavy atom. The van der Waals surface area contributed by atoms with Crippen molar-refractivity contribution in [3.8, 4) is 17.2 Å². The standard InChI is InChI=1S/C22H26N2O5/c1-2-27-22(26)24-14-12-17(13-15-24)23-21(25)16-28-18-8-10-20(11-9-18)29-19-6-4-3-5-7-19/h3-11,17H,2,12-16H2,1H3,(H,23,25). The van der Waals surface area contributed by atoms with Crippen LogP contribution >= 0.6 is 0 Å². The van der Waals surface area contributed by atoms with Crippen LogP contribution in [0.2, 0.25) is 0 Å². The van der Waals surface area contributed by atoms with Crippen molar-refractivity contribution in [3.63, 3.8) is 0 Å². The van der Waals surface area contributed by atoms with Gasteiger partial charge in [-0.25, -0.2) is 4.79 Å². The molecule has 1 saturated heterocycles. The third-order valence-corrected chi connectivity index (χ3v) is 4.56. The normalized spacial score (nSPS) is 14.2. The second-order valence-electron chi connectivity index (χ2n) is 6.70. The van der Waals surface area contributed by atoms with Crippen molar-refractivity contribution in [2.75, 3.05) is 26.3 Å². The maximum Gasteiger partial charge on any atom is 0.409 e. The van der Waals surface area contributed by atoms with Gasteiger partial charge in [-0.3, -0.25) is 4.79 Å². The number of nitrogens with one attached hydrogen (secondary N) is 1. The Morgan fingerprint density at radius 2 is 1.59 bits per heavy atom. The number of ether oxygens (including phenoxy) is 3. The number of benzene rings is 2. The van der Waals surface area contributed by atoms with Crippen molar-refractivity contribution < 1.29 is 23.8 Å². The molecule has 0 bridgehead atoms. The lowest BCUT2D eigenvalue weighted by Gasteiger charge is -2.31. The van der Waals surface area contributed by atoms with Crippen LogP contribution in [0.1, 0.15) is 19.8 Å². The number of piperidine rings is 1. The minimum absolute atomic E-state index is 0.0402. The molecule has 2 aromatic carbocycles. The minimum atomic E-state index is -0.291. The van der Waals surface area contributed by atoms with Crippen molar-refractivity contribution >= 4 is 12.0 Å². The number of nitrogens with zero attached hydrogens (tertiary/aromatic N) is 1. The average Bonchev–Trinajstić information content (AvgIpc) is 2.75. The number of para-hydroxylation sites is 1. The van der Waals surface area contributed by atoms with E-state index in [-0.39, 0.29) is 24.6 Å². The van der Waals surface area contributed by atoms with Crippen LogP contribution in [-0.2, 0) is 9.53 Å². The molecular formula is C22H26N2O5. The van der Waals surface area contributed by atoms with Crippen LogP contribution in [0.15, 0.2) is 54.6 Å². The zero-order chi connectivity index (χ0) is 20.5. The topological polar surface area (TPSA) is 77.1 Å². The summed E-state index contributed by atoms with van der Waals surface area (Å²) in [4.78, 5) is 25.5. The van der Waals surface area contributed by atoms with Crippen LogP contribution in [0.5, 0.6) is 17.2 Å². The smallest absolute Gasteiger partial charge is 0.409 e. The summed E-state index contributed by atoms with van der Waals surface area (Å²) >= 11 is 0. The molecule has 0 aliphatic carbocycles. The molecule has 2 aromatic rings. The van der Waals surface area contributed by atoms with E-state index < -0.39 is 0 Å². The molecule has 0 saturated carbocycles. The molecule has 1 aliphatic rings. The second-order valence-corrected chi connectivity index (χ2v) is 6.70. The number of hydrogen-bond donors (Lipinski definition) is 1. The third-order valence-electron chi connectivity index (χ3n) is 4.56. The number of amides is 2. The lowest BCUT2D eigenvalue weighted by molar-refractivity contribution is -0.124. The lowest BCUT2D eigenvalue weighted by atomic mass is 10.1. The maximum atomic E-state index is 12.1. The van der Waals surface area contributed by atoms with E-state index >= 15 is 0 Å². The monoisotopic (exact) mass is 398 g/mol. The summed E-state index contributed by atoms with van der Waals surface area (Å²) in [5.41, 5.74) is 0. The van der Waals surface area contributed by atoms with Crippen LogP contribution in [0, 0.1) is 0 Å². The number of carbonyl (C=O) groups excluding carboxylic acids is 2. The van der Waals surface area contributed by atoms with Crippen molar-refractivity contribution in [3.05, 3.63) is 54.6 Å². The molecule has 7 nitrogen and oxygen atoms in total. The molecule has 1 N–H and O–H groups in total. The van der Waals surface area contributed by atoms with E-state index in [1.54, 1.807) is 36.1 Å². The molecule has 2 amide bonds.